The van der Waals surface area contributed by atoms with E-state index >= 15 is 0 Å². The van der Waals surface area contributed by atoms with Crippen LogP contribution in [0.1, 0.15) is 19.2 Å². The zero-order valence-corrected chi connectivity index (χ0v) is 17.5. The summed E-state index contributed by atoms with van der Waals surface area (Å²) < 4.78 is 4.92. The van der Waals surface area contributed by atoms with Crippen LogP contribution < -0.4 is 16.5 Å². The van der Waals surface area contributed by atoms with Crippen molar-refractivity contribution in [2.45, 2.75) is 32.9 Å². The van der Waals surface area contributed by atoms with E-state index in [0.29, 0.717) is 17.9 Å². The molecule has 0 saturated carbocycles. The fourth-order valence-corrected chi connectivity index (χ4v) is 3.73. The molecule has 2 heterocycles. The van der Waals surface area contributed by atoms with Gasteiger partial charge >= 0.3 is 5.69 Å². The molecule has 4 rings (SSSR count). The Morgan fingerprint density at radius 3 is 2.19 bits per heavy atom. The maximum Gasteiger partial charge on any atom is 0.329 e. The molecule has 0 aliphatic rings. The Bertz CT molecular complexity index is 1330. The highest BCUT2D eigenvalue weighted by Crippen LogP contribution is 2.15. The number of imidazole rings is 2. The molecule has 2 amide bonds. The number of hydrogen-bond acceptors (Lipinski definition) is 4. The molecule has 0 unspecified atom stereocenters. The average molecular weight is 420 g/mol. The maximum absolute atomic E-state index is 12.8. The maximum atomic E-state index is 12.8. The molecular weight excluding hydrogens is 396 g/mol. The number of aryl methyl sites for hydroxylation is 2. The molecular formula is C22H24N6O3. The monoisotopic (exact) mass is 420 g/mol. The van der Waals surface area contributed by atoms with E-state index in [0.717, 1.165) is 23.0 Å². The molecule has 160 valence electrons. The normalized spacial score (nSPS) is 11.2. The quantitative estimate of drug-likeness (QED) is 0.461. The molecule has 2 N–H and O–H groups in total. The number of nitrogens with one attached hydrogen (secondary N) is 2. The minimum atomic E-state index is -0.486. The smallest absolute Gasteiger partial charge is 0.329 e. The van der Waals surface area contributed by atoms with Gasteiger partial charge in [0, 0.05) is 13.6 Å². The molecule has 31 heavy (non-hydrogen) atoms. The second kappa shape index (κ2) is 8.47. The molecule has 9 heteroatoms. The number of para-hydroxylation sites is 4. The van der Waals surface area contributed by atoms with Crippen molar-refractivity contribution in [3.8, 4) is 0 Å². The van der Waals surface area contributed by atoms with Crippen molar-refractivity contribution in [2.75, 3.05) is 0 Å². The van der Waals surface area contributed by atoms with Crippen molar-refractivity contribution in [1.29, 1.82) is 0 Å². The lowest BCUT2D eigenvalue weighted by molar-refractivity contribution is -0.129. The van der Waals surface area contributed by atoms with Crippen LogP contribution in [0.4, 0.5) is 0 Å². The number of fused-ring (bicyclic) bond motifs is 2. The summed E-state index contributed by atoms with van der Waals surface area (Å²) in [6.45, 7) is 2.37. The fraction of sp³-hybridized carbons (Fsp3) is 0.273. The third-order valence-corrected chi connectivity index (χ3v) is 5.21. The van der Waals surface area contributed by atoms with Crippen LogP contribution >= 0.6 is 0 Å². The molecule has 0 fully saturated rings. The number of benzene rings is 2. The number of nitrogens with zero attached hydrogens (tertiary/aromatic N) is 4. The van der Waals surface area contributed by atoms with Gasteiger partial charge in [-0.3, -0.25) is 29.6 Å². The first-order chi connectivity index (χ1) is 15.0. The number of rotatable bonds is 6. The van der Waals surface area contributed by atoms with Gasteiger partial charge in [0.05, 0.1) is 28.5 Å². The van der Waals surface area contributed by atoms with Crippen LogP contribution in [0.5, 0.6) is 0 Å². The lowest BCUT2D eigenvalue weighted by Crippen LogP contribution is -2.45. The zero-order chi connectivity index (χ0) is 22.0. The predicted octanol–water partition coefficient (Wildman–Crippen LogP) is 1.49. The van der Waals surface area contributed by atoms with E-state index < -0.39 is 11.8 Å². The molecule has 0 radical (unpaired) electrons. The third-order valence-electron chi connectivity index (χ3n) is 5.21. The van der Waals surface area contributed by atoms with Crippen molar-refractivity contribution >= 4 is 33.9 Å². The molecule has 0 aliphatic heterocycles. The minimum absolute atomic E-state index is 0.0151. The highest BCUT2D eigenvalue weighted by Gasteiger charge is 2.16. The summed E-state index contributed by atoms with van der Waals surface area (Å²) in [5, 5.41) is 0. The number of carbonyl (C=O) groups is 2. The molecule has 9 nitrogen and oxygen atoms in total. The standard InChI is InChI=1S/C22H24N6O3/c1-3-12-27-17-10-6-7-11-18(17)28(22(27)31)14-21(30)25-24-20(29)13-19-23-15-8-4-5-9-16(15)26(19)2/h4-11H,3,12-14H2,1-2H3,(H,24,29)(H,25,30). The van der Waals surface area contributed by atoms with Crippen LogP contribution in [-0.2, 0) is 36.1 Å². The van der Waals surface area contributed by atoms with Gasteiger partial charge < -0.3 is 4.57 Å². The van der Waals surface area contributed by atoms with Crippen LogP contribution in [-0.4, -0.2) is 30.5 Å². The van der Waals surface area contributed by atoms with Gasteiger partial charge in [-0.05, 0) is 30.7 Å². The molecule has 2 aromatic carbocycles. The summed E-state index contributed by atoms with van der Waals surface area (Å²) in [5.41, 5.74) is 7.76. The van der Waals surface area contributed by atoms with E-state index in [-0.39, 0.29) is 18.7 Å². The summed E-state index contributed by atoms with van der Waals surface area (Å²) in [5.74, 6) is -0.292. The third kappa shape index (κ3) is 3.94. The Morgan fingerprint density at radius 1 is 0.903 bits per heavy atom. The molecule has 0 atom stereocenters. The Labute approximate surface area is 178 Å². The van der Waals surface area contributed by atoms with E-state index in [1.54, 1.807) is 10.6 Å². The SMILES string of the molecule is CCCn1c(=O)n(CC(=O)NNC(=O)Cc2nc3ccccc3n2C)c2ccccc21. The summed E-state index contributed by atoms with van der Waals surface area (Å²) >= 11 is 0. The highest BCUT2D eigenvalue weighted by molar-refractivity contribution is 5.85. The summed E-state index contributed by atoms with van der Waals surface area (Å²) in [6.07, 6.45) is 0.819. The molecule has 0 aliphatic carbocycles. The molecule has 0 spiro atoms. The summed E-state index contributed by atoms with van der Waals surface area (Å²) in [4.78, 5) is 42.0. The zero-order valence-electron chi connectivity index (χ0n) is 17.5. The van der Waals surface area contributed by atoms with Gasteiger partial charge in [0.25, 0.3) is 5.91 Å². The van der Waals surface area contributed by atoms with Gasteiger partial charge in [0.2, 0.25) is 5.91 Å². The van der Waals surface area contributed by atoms with Crippen molar-refractivity contribution in [2.24, 2.45) is 7.05 Å². The first-order valence-corrected chi connectivity index (χ1v) is 10.2. The van der Waals surface area contributed by atoms with Crippen molar-refractivity contribution < 1.29 is 9.59 Å². The van der Waals surface area contributed by atoms with Gasteiger partial charge in [0.15, 0.2) is 0 Å². The number of hydrazine groups is 1. The highest BCUT2D eigenvalue weighted by atomic mass is 16.2. The van der Waals surface area contributed by atoms with Gasteiger partial charge in [-0.2, -0.15) is 0 Å². The predicted molar refractivity (Wildman–Crippen MR) is 117 cm³/mol. The van der Waals surface area contributed by atoms with E-state index in [4.69, 9.17) is 0 Å². The number of aromatic nitrogens is 4. The Balaban J connectivity index is 1.42. The molecule has 0 saturated heterocycles. The van der Waals surface area contributed by atoms with E-state index in [1.165, 1.54) is 4.57 Å². The van der Waals surface area contributed by atoms with Crippen LogP contribution in [0.3, 0.4) is 0 Å². The molecule has 4 aromatic rings. The van der Waals surface area contributed by atoms with Gasteiger partial charge in [0.1, 0.15) is 12.4 Å². The Kier molecular flexibility index (Phi) is 5.57. The van der Waals surface area contributed by atoms with Crippen LogP contribution in [0.2, 0.25) is 0 Å². The van der Waals surface area contributed by atoms with E-state index in [1.807, 2.05) is 61.0 Å². The van der Waals surface area contributed by atoms with Crippen LogP contribution in [0.15, 0.2) is 53.3 Å². The lowest BCUT2D eigenvalue weighted by atomic mass is 10.3. The summed E-state index contributed by atoms with van der Waals surface area (Å²) in [7, 11) is 1.84. The molecule has 0 bridgehead atoms. The van der Waals surface area contributed by atoms with Gasteiger partial charge in [-0.1, -0.05) is 31.2 Å². The fourth-order valence-electron chi connectivity index (χ4n) is 3.73. The van der Waals surface area contributed by atoms with E-state index in [9.17, 15) is 14.4 Å². The lowest BCUT2D eigenvalue weighted by Gasteiger charge is -2.08. The van der Waals surface area contributed by atoms with Gasteiger partial charge in [-0.25, -0.2) is 9.78 Å². The van der Waals surface area contributed by atoms with Gasteiger partial charge in [-0.15, -0.1) is 0 Å². The van der Waals surface area contributed by atoms with Crippen LogP contribution in [0.25, 0.3) is 22.1 Å². The van der Waals surface area contributed by atoms with E-state index in [2.05, 4.69) is 15.8 Å². The summed E-state index contributed by atoms with van der Waals surface area (Å²) in [6, 6.07) is 15.0. The minimum Gasteiger partial charge on any atom is -0.331 e. The Hall–Kier alpha value is -3.88. The second-order valence-corrected chi connectivity index (χ2v) is 7.36. The first kappa shape index (κ1) is 20.4. The number of amides is 2. The largest absolute Gasteiger partial charge is 0.331 e. The topological polar surface area (TPSA) is 103 Å². The second-order valence-electron chi connectivity index (χ2n) is 7.36. The van der Waals surface area contributed by atoms with Crippen molar-refractivity contribution in [3.05, 3.63) is 64.8 Å². The van der Waals surface area contributed by atoms with Crippen LogP contribution in [0, 0.1) is 0 Å². The average Bonchev–Trinajstić information content (AvgIpc) is 3.22. The first-order valence-electron chi connectivity index (χ1n) is 10.2. The van der Waals surface area contributed by atoms with Crippen molar-refractivity contribution in [3.63, 3.8) is 0 Å². The Morgan fingerprint density at radius 2 is 1.52 bits per heavy atom. The molecule has 2 aromatic heterocycles. The number of carbonyl (C=O) groups excluding carboxylic acids is 2. The van der Waals surface area contributed by atoms with Crippen molar-refractivity contribution in [1.82, 2.24) is 29.5 Å². The number of hydrogen-bond donors (Lipinski definition) is 2.